The minimum Gasteiger partial charge on any atom is -0.497 e. The van der Waals surface area contributed by atoms with Crippen LogP contribution in [0, 0.1) is 0 Å². The topological polar surface area (TPSA) is 67.8 Å². The number of hydrogen-bond acceptors (Lipinski definition) is 4. The molecule has 1 aromatic carbocycles. The molecule has 1 aromatic rings. The maximum Gasteiger partial charge on any atom is 0.257 e. The second kappa shape index (κ2) is 6.41. The fourth-order valence-electron chi connectivity index (χ4n) is 2.95. The molecule has 25 heavy (non-hydrogen) atoms. The van der Waals surface area contributed by atoms with Crippen LogP contribution in [-0.2, 0) is 14.3 Å². The van der Waals surface area contributed by atoms with Crippen LogP contribution >= 0.6 is 0 Å². The summed E-state index contributed by atoms with van der Waals surface area (Å²) in [7, 11) is 1.62. The van der Waals surface area contributed by atoms with Crippen molar-refractivity contribution >= 4 is 17.2 Å². The van der Waals surface area contributed by atoms with Crippen LogP contribution in [0.4, 0.5) is 0 Å². The number of ether oxygens (including phenoxy) is 2. The third-order valence-corrected chi connectivity index (χ3v) is 4.03. The van der Waals surface area contributed by atoms with Crippen LogP contribution in [0.1, 0.15) is 20.8 Å². The van der Waals surface area contributed by atoms with E-state index in [4.69, 9.17) is 9.47 Å². The van der Waals surface area contributed by atoms with Gasteiger partial charge < -0.3 is 19.9 Å². The summed E-state index contributed by atoms with van der Waals surface area (Å²) < 4.78 is 11.3. The van der Waals surface area contributed by atoms with Crippen LogP contribution in [0.3, 0.4) is 0 Å². The summed E-state index contributed by atoms with van der Waals surface area (Å²) in [5.41, 5.74) is 0.507. The molecule has 0 aromatic heterocycles. The molecule has 1 aliphatic carbocycles. The lowest BCUT2D eigenvalue weighted by molar-refractivity contribution is -0.129. The Labute approximate surface area is 147 Å². The number of aliphatic hydroxyl groups excluding tert-OH is 1. The zero-order valence-corrected chi connectivity index (χ0v) is 14.9. The summed E-state index contributed by atoms with van der Waals surface area (Å²) in [6.07, 6.45) is 3.87. The number of carbonyl (C=O) groups is 1. The molecule has 0 bridgehead atoms. The quantitative estimate of drug-likeness (QED) is 0.850. The van der Waals surface area contributed by atoms with Gasteiger partial charge >= 0.3 is 0 Å². The maximum atomic E-state index is 12.4. The van der Waals surface area contributed by atoms with E-state index in [1.165, 1.54) is 0 Å². The van der Waals surface area contributed by atoms with Crippen molar-refractivity contribution in [2.75, 3.05) is 7.11 Å². The number of hydrogen-bond donors (Lipinski definition) is 2. The van der Waals surface area contributed by atoms with Crippen molar-refractivity contribution in [2.24, 2.45) is 0 Å². The number of fused-ring (bicyclic) bond motifs is 2. The first-order chi connectivity index (χ1) is 11.8. The highest BCUT2D eigenvalue weighted by Crippen LogP contribution is 2.25. The Balaban J connectivity index is 2.13. The van der Waals surface area contributed by atoms with Gasteiger partial charge in [-0.1, -0.05) is 24.3 Å². The average molecular weight is 341 g/mol. The van der Waals surface area contributed by atoms with Crippen molar-refractivity contribution < 1.29 is 19.4 Å². The monoisotopic (exact) mass is 341 g/mol. The van der Waals surface area contributed by atoms with E-state index in [-0.39, 0.29) is 11.9 Å². The van der Waals surface area contributed by atoms with Crippen LogP contribution < -0.4 is 15.8 Å². The highest BCUT2D eigenvalue weighted by molar-refractivity contribution is 5.90. The Morgan fingerprint density at radius 1 is 1.28 bits per heavy atom. The number of rotatable bonds is 3. The molecule has 2 N–H and O–H groups in total. The van der Waals surface area contributed by atoms with Gasteiger partial charge in [0.25, 0.3) is 5.91 Å². The number of benzene rings is 1. The van der Waals surface area contributed by atoms with E-state index in [1.54, 1.807) is 7.11 Å². The summed E-state index contributed by atoms with van der Waals surface area (Å²) >= 11 is 0. The first kappa shape index (κ1) is 17.3. The van der Waals surface area contributed by atoms with E-state index in [1.807, 2.05) is 63.3 Å². The lowest BCUT2D eigenvalue weighted by atomic mass is 9.96. The first-order valence-corrected chi connectivity index (χ1v) is 8.24. The molecule has 1 aliphatic heterocycles. The van der Waals surface area contributed by atoms with Crippen molar-refractivity contribution in [2.45, 2.75) is 38.5 Å². The first-order valence-electron chi connectivity index (χ1n) is 8.24. The van der Waals surface area contributed by atoms with E-state index >= 15 is 0 Å². The van der Waals surface area contributed by atoms with Crippen molar-refractivity contribution in [1.82, 2.24) is 5.32 Å². The molecule has 0 saturated carbocycles. The van der Waals surface area contributed by atoms with E-state index < -0.39 is 17.6 Å². The molecular weight excluding hydrogens is 318 g/mol. The van der Waals surface area contributed by atoms with E-state index in [9.17, 15) is 9.90 Å². The highest BCUT2D eigenvalue weighted by Gasteiger charge is 2.31. The molecule has 0 spiro atoms. The molecule has 0 radical (unpaired) electrons. The summed E-state index contributed by atoms with van der Waals surface area (Å²) in [5, 5.41) is 15.0. The predicted molar refractivity (Wildman–Crippen MR) is 95.5 cm³/mol. The fraction of sp³-hybridized carbons (Fsp3) is 0.350. The zero-order valence-electron chi connectivity index (χ0n) is 14.9. The number of aliphatic hydroxyl groups is 1. The Morgan fingerprint density at radius 3 is 2.60 bits per heavy atom. The Kier molecular flexibility index (Phi) is 4.43. The van der Waals surface area contributed by atoms with E-state index in [2.05, 4.69) is 5.32 Å². The molecule has 0 fully saturated rings. The van der Waals surface area contributed by atoms with E-state index in [0.29, 0.717) is 5.22 Å². The molecule has 2 unspecified atom stereocenters. The second-order valence-electron chi connectivity index (χ2n) is 7.16. The van der Waals surface area contributed by atoms with Gasteiger partial charge in [0.2, 0.25) is 0 Å². The van der Waals surface area contributed by atoms with Gasteiger partial charge in [0.15, 0.2) is 6.10 Å². The third-order valence-electron chi connectivity index (χ3n) is 4.03. The van der Waals surface area contributed by atoms with Crippen LogP contribution in [0.15, 0.2) is 48.3 Å². The smallest absolute Gasteiger partial charge is 0.257 e. The normalized spacial score (nSPS) is 20.0. The van der Waals surface area contributed by atoms with Gasteiger partial charge in [-0.2, -0.15) is 0 Å². The molecular formula is C20H23NO4. The summed E-state index contributed by atoms with van der Waals surface area (Å²) in [6, 6.07) is 7.58. The van der Waals surface area contributed by atoms with Gasteiger partial charge in [-0.15, -0.1) is 0 Å². The van der Waals surface area contributed by atoms with Gasteiger partial charge in [0.05, 0.1) is 7.11 Å². The van der Waals surface area contributed by atoms with Gasteiger partial charge in [-0.05, 0) is 44.2 Å². The average Bonchev–Trinajstić information content (AvgIpc) is 2.58. The molecule has 5 heteroatoms. The van der Waals surface area contributed by atoms with Crippen molar-refractivity contribution in [1.29, 1.82) is 0 Å². The van der Waals surface area contributed by atoms with E-state index in [0.717, 1.165) is 16.6 Å². The van der Waals surface area contributed by atoms with Gasteiger partial charge in [0, 0.05) is 16.3 Å². The number of amides is 1. The number of methoxy groups -OCH3 is 1. The molecule has 132 valence electrons. The molecule has 1 heterocycles. The minimum atomic E-state index is -1.37. The molecule has 3 rings (SSSR count). The van der Waals surface area contributed by atoms with Crippen LogP contribution in [0.25, 0.3) is 11.3 Å². The minimum absolute atomic E-state index is 0.269. The van der Waals surface area contributed by atoms with Crippen LogP contribution in [0.5, 0.6) is 0 Å². The standard InChI is InChI=1S/C20H23NO4/c1-20(2,3)21-19(23)17(22)18-14-8-6-5-7-13(14)15-11-12(24-4)9-10-16(15)25-18/h5-11,16-17,22H,1-4H3,(H,21,23). The highest BCUT2D eigenvalue weighted by atomic mass is 16.5. The Bertz CT molecular complexity index is 874. The summed E-state index contributed by atoms with van der Waals surface area (Å²) in [6.45, 7) is 5.60. The number of allylic oxidation sites excluding steroid dienone is 1. The van der Waals surface area contributed by atoms with Crippen LogP contribution in [0.2, 0.25) is 0 Å². The predicted octanol–water partition coefficient (Wildman–Crippen LogP) is 0.720. The molecule has 1 amide bonds. The lowest BCUT2D eigenvalue weighted by Crippen LogP contribution is -2.49. The van der Waals surface area contributed by atoms with Crippen LogP contribution in [-0.4, -0.2) is 35.9 Å². The number of nitrogens with one attached hydrogen (secondary N) is 1. The van der Waals surface area contributed by atoms with Crippen molar-refractivity contribution in [3.8, 4) is 0 Å². The summed E-state index contributed by atoms with van der Waals surface area (Å²) in [4.78, 5) is 12.4. The SMILES string of the molecule is COC1=CC2=c3ccccc3=C(C(O)C(=O)NC(C)(C)C)OC2C=C1. The van der Waals surface area contributed by atoms with Crippen molar-refractivity contribution in [3.05, 3.63) is 58.7 Å². The lowest BCUT2D eigenvalue weighted by Gasteiger charge is -2.29. The van der Waals surface area contributed by atoms with Crippen molar-refractivity contribution in [3.63, 3.8) is 0 Å². The third kappa shape index (κ3) is 3.46. The second-order valence-corrected chi connectivity index (χ2v) is 7.16. The van der Waals surface area contributed by atoms with Gasteiger partial charge in [0.1, 0.15) is 17.6 Å². The largest absolute Gasteiger partial charge is 0.497 e. The number of carbonyl (C=O) groups excluding carboxylic acids is 1. The van der Waals surface area contributed by atoms with Gasteiger partial charge in [-0.3, -0.25) is 4.79 Å². The summed E-state index contributed by atoms with van der Waals surface area (Å²) in [5.74, 6) is 0.526. The molecule has 5 nitrogen and oxygen atoms in total. The fourth-order valence-corrected chi connectivity index (χ4v) is 2.95. The maximum absolute atomic E-state index is 12.4. The molecule has 2 aliphatic rings. The molecule has 2 atom stereocenters. The van der Waals surface area contributed by atoms with Gasteiger partial charge in [-0.25, -0.2) is 0 Å². The molecule has 0 saturated heterocycles. The Morgan fingerprint density at radius 2 is 1.96 bits per heavy atom. The Hall–Kier alpha value is -2.53. The zero-order chi connectivity index (χ0) is 18.2.